The molecule has 1 heterocycles. The van der Waals surface area contributed by atoms with E-state index in [1.165, 1.54) is 6.07 Å². The molecule has 1 aliphatic carbocycles. The van der Waals surface area contributed by atoms with Crippen molar-refractivity contribution >= 4 is 5.82 Å². The molecule has 0 unspecified atom stereocenters. The summed E-state index contributed by atoms with van der Waals surface area (Å²) in [5.41, 5.74) is -0.973. The van der Waals surface area contributed by atoms with Crippen molar-refractivity contribution in [3.8, 4) is 0 Å². The normalized spacial score (nSPS) is 23.6. The second-order valence-electron chi connectivity index (χ2n) is 5.24. The predicted octanol–water partition coefficient (Wildman–Crippen LogP) is 2.48. The number of aliphatic hydroxyl groups excluding tert-OH is 1. The molecular formula is C13H18F3N3O. The van der Waals surface area contributed by atoms with Gasteiger partial charge < -0.3 is 10.0 Å². The number of anilines is 1. The third-order valence-corrected chi connectivity index (χ3v) is 3.92. The standard InChI is InChI=1S/C13H18F3N3O/c1-19(10-4-2-9(8-20)3-5-10)12-7-6-11(17-18-12)13(14,15)16/h6-7,9-10,20H,2-5,8H2,1H3. The van der Waals surface area contributed by atoms with Gasteiger partial charge in [-0.15, -0.1) is 10.2 Å². The topological polar surface area (TPSA) is 49.2 Å². The maximum Gasteiger partial charge on any atom is 0.435 e. The molecule has 1 saturated carbocycles. The van der Waals surface area contributed by atoms with E-state index in [2.05, 4.69) is 10.2 Å². The Kier molecular flexibility index (Phi) is 4.47. The molecule has 0 amide bonds. The number of nitrogens with zero attached hydrogens (tertiary/aromatic N) is 3. The highest BCUT2D eigenvalue weighted by Crippen LogP contribution is 2.30. The summed E-state index contributed by atoms with van der Waals surface area (Å²) < 4.78 is 37.3. The van der Waals surface area contributed by atoms with Crippen molar-refractivity contribution in [2.24, 2.45) is 5.92 Å². The van der Waals surface area contributed by atoms with Crippen LogP contribution in [-0.2, 0) is 6.18 Å². The minimum absolute atomic E-state index is 0.205. The van der Waals surface area contributed by atoms with Crippen LogP contribution in [0.15, 0.2) is 12.1 Å². The molecule has 0 atom stereocenters. The number of aromatic nitrogens is 2. The van der Waals surface area contributed by atoms with Crippen LogP contribution in [0.5, 0.6) is 0 Å². The molecule has 0 saturated heterocycles. The molecule has 1 aromatic rings. The lowest BCUT2D eigenvalue weighted by atomic mass is 9.86. The van der Waals surface area contributed by atoms with Crippen LogP contribution < -0.4 is 4.90 Å². The minimum Gasteiger partial charge on any atom is -0.396 e. The zero-order chi connectivity index (χ0) is 14.8. The third kappa shape index (κ3) is 3.39. The Morgan fingerprint density at radius 2 is 1.85 bits per heavy atom. The zero-order valence-corrected chi connectivity index (χ0v) is 11.3. The Morgan fingerprint density at radius 1 is 1.20 bits per heavy atom. The molecule has 1 aliphatic rings. The van der Waals surface area contributed by atoms with Gasteiger partial charge in [-0.25, -0.2) is 0 Å². The summed E-state index contributed by atoms with van der Waals surface area (Å²) in [7, 11) is 1.82. The van der Waals surface area contributed by atoms with Gasteiger partial charge in [0.1, 0.15) is 0 Å². The molecule has 1 N–H and O–H groups in total. The fourth-order valence-electron chi connectivity index (χ4n) is 2.57. The van der Waals surface area contributed by atoms with E-state index in [0.29, 0.717) is 11.7 Å². The Labute approximate surface area is 115 Å². The van der Waals surface area contributed by atoms with Gasteiger partial charge in [0.2, 0.25) is 0 Å². The van der Waals surface area contributed by atoms with E-state index in [4.69, 9.17) is 5.11 Å². The molecule has 1 fully saturated rings. The molecule has 2 rings (SSSR count). The lowest BCUT2D eigenvalue weighted by Gasteiger charge is -2.34. The van der Waals surface area contributed by atoms with Gasteiger partial charge in [-0.3, -0.25) is 0 Å². The van der Waals surface area contributed by atoms with Gasteiger partial charge in [0.25, 0.3) is 0 Å². The van der Waals surface area contributed by atoms with Gasteiger partial charge in [0.05, 0.1) is 0 Å². The van der Waals surface area contributed by atoms with Crippen molar-refractivity contribution in [1.82, 2.24) is 10.2 Å². The number of rotatable bonds is 3. The molecule has 0 spiro atoms. The van der Waals surface area contributed by atoms with Crippen molar-refractivity contribution in [3.05, 3.63) is 17.8 Å². The summed E-state index contributed by atoms with van der Waals surface area (Å²) in [5.74, 6) is 0.795. The van der Waals surface area contributed by atoms with Crippen LogP contribution in [0, 0.1) is 5.92 Å². The highest BCUT2D eigenvalue weighted by molar-refractivity contribution is 5.38. The van der Waals surface area contributed by atoms with Gasteiger partial charge >= 0.3 is 6.18 Å². The number of alkyl halides is 3. The van der Waals surface area contributed by atoms with Crippen LogP contribution in [-0.4, -0.2) is 35.0 Å². The van der Waals surface area contributed by atoms with E-state index in [1.54, 1.807) is 0 Å². The summed E-state index contributed by atoms with van der Waals surface area (Å²) in [6.45, 7) is 0.205. The summed E-state index contributed by atoms with van der Waals surface area (Å²) in [5, 5.41) is 16.0. The Balaban J connectivity index is 2.01. The number of halogens is 3. The smallest absolute Gasteiger partial charge is 0.396 e. The van der Waals surface area contributed by atoms with Crippen LogP contribution in [0.2, 0.25) is 0 Å². The minimum atomic E-state index is -4.46. The van der Waals surface area contributed by atoms with Crippen molar-refractivity contribution in [1.29, 1.82) is 0 Å². The largest absolute Gasteiger partial charge is 0.435 e. The van der Waals surface area contributed by atoms with Gasteiger partial charge in [-0.05, 0) is 43.7 Å². The molecule has 0 bridgehead atoms. The van der Waals surface area contributed by atoms with Crippen LogP contribution >= 0.6 is 0 Å². The fraction of sp³-hybridized carbons (Fsp3) is 0.692. The van der Waals surface area contributed by atoms with Gasteiger partial charge in [-0.2, -0.15) is 13.2 Å². The van der Waals surface area contributed by atoms with Crippen LogP contribution in [0.3, 0.4) is 0 Å². The van der Waals surface area contributed by atoms with Crippen molar-refractivity contribution in [2.45, 2.75) is 37.9 Å². The molecule has 4 nitrogen and oxygen atoms in total. The zero-order valence-electron chi connectivity index (χ0n) is 11.3. The molecule has 0 aliphatic heterocycles. The van der Waals surface area contributed by atoms with Crippen molar-refractivity contribution in [2.75, 3.05) is 18.6 Å². The molecule has 0 aromatic carbocycles. The quantitative estimate of drug-likeness (QED) is 0.928. The van der Waals surface area contributed by atoms with Crippen LogP contribution in [0.1, 0.15) is 31.4 Å². The molecule has 1 aromatic heterocycles. The third-order valence-electron chi connectivity index (χ3n) is 3.92. The second kappa shape index (κ2) is 5.95. The van der Waals surface area contributed by atoms with E-state index in [-0.39, 0.29) is 12.6 Å². The monoisotopic (exact) mass is 289 g/mol. The number of hydrogen-bond acceptors (Lipinski definition) is 4. The molecule has 20 heavy (non-hydrogen) atoms. The first kappa shape index (κ1) is 15.0. The summed E-state index contributed by atoms with van der Waals surface area (Å²) in [6, 6.07) is 2.55. The van der Waals surface area contributed by atoms with Crippen LogP contribution in [0.4, 0.5) is 19.0 Å². The lowest BCUT2D eigenvalue weighted by Crippen LogP contribution is -2.36. The molecule has 112 valence electrons. The summed E-state index contributed by atoms with van der Waals surface area (Å²) in [6.07, 6.45) is -0.780. The Bertz CT molecular complexity index is 427. The number of hydrogen-bond donors (Lipinski definition) is 1. The first-order valence-electron chi connectivity index (χ1n) is 6.66. The fourth-order valence-corrected chi connectivity index (χ4v) is 2.57. The van der Waals surface area contributed by atoms with Gasteiger partial charge in [0, 0.05) is 19.7 Å². The van der Waals surface area contributed by atoms with Gasteiger partial charge in [-0.1, -0.05) is 0 Å². The van der Waals surface area contributed by atoms with E-state index in [9.17, 15) is 13.2 Å². The highest BCUT2D eigenvalue weighted by atomic mass is 19.4. The van der Waals surface area contributed by atoms with Crippen molar-refractivity contribution < 1.29 is 18.3 Å². The maximum atomic E-state index is 12.4. The average Bonchev–Trinajstić information content (AvgIpc) is 2.46. The van der Waals surface area contributed by atoms with E-state index in [0.717, 1.165) is 31.7 Å². The summed E-state index contributed by atoms with van der Waals surface area (Å²) in [4.78, 5) is 1.88. The predicted molar refractivity (Wildman–Crippen MR) is 68.3 cm³/mol. The van der Waals surface area contributed by atoms with Crippen molar-refractivity contribution in [3.63, 3.8) is 0 Å². The van der Waals surface area contributed by atoms with E-state index >= 15 is 0 Å². The number of aliphatic hydroxyl groups is 1. The van der Waals surface area contributed by atoms with E-state index < -0.39 is 11.9 Å². The maximum absolute atomic E-state index is 12.4. The Morgan fingerprint density at radius 3 is 2.30 bits per heavy atom. The molecule has 0 radical (unpaired) electrons. The SMILES string of the molecule is CN(c1ccc(C(F)(F)F)nn1)C1CCC(CO)CC1. The average molecular weight is 289 g/mol. The summed E-state index contributed by atoms with van der Waals surface area (Å²) >= 11 is 0. The second-order valence-corrected chi connectivity index (χ2v) is 5.24. The van der Waals surface area contributed by atoms with Crippen LogP contribution in [0.25, 0.3) is 0 Å². The first-order chi connectivity index (χ1) is 9.41. The van der Waals surface area contributed by atoms with Gasteiger partial charge in [0.15, 0.2) is 11.5 Å². The highest BCUT2D eigenvalue weighted by Gasteiger charge is 2.33. The molecule has 7 heteroatoms. The lowest BCUT2D eigenvalue weighted by molar-refractivity contribution is -0.141. The van der Waals surface area contributed by atoms with E-state index in [1.807, 2.05) is 11.9 Å². The molecular weight excluding hydrogens is 271 g/mol. The first-order valence-corrected chi connectivity index (χ1v) is 6.66. The Hall–Kier alpha value is -1.37.